The summed E-state index contributed by atoms with van der Waals surface area (Å²) in [6.07, 6.45) is -3.73. The van der Waals surface area contributed by atoms with E-state index in [0.29, 0.717) is 13.0 Å². The van der Waals surface area contributed by atoms with Crippen LogP contribution in [0.3, 0.4) is 0 Å². The lowest BCUT2D eigenvalue weighted by atomic mass is 10.1. The van der Waals surface area contributed by atoms with Crippen LogP contribution in [-0.2, 0) is 9.47 Å². The molecule has 1 aliphatic rings. The molecule has 11 heavy (non-hydrogen) atoms. The molecule has 1 saturated heterocycles. The van der Waals surface area contributed by atoms with Crippen molar-refractivity contribution in [3.05, 3.63) is 0 Å². The molecule has 66 valence electrons. The predicted octanol–water partition coefficient (Wildman–Crippen LogP) is 1.70. The zero-order valence-electron chi connectivity index (χ0n) is 6.07. The predicted molar refractivity (Wildman–Crippen MR) is 31.0 cm³/mol. The van der Waals surface area contributed by atoms with Crippen LogP contribution in [0, 0.1) is 0 Å². The second-order valence-electron chi connectivity index (χ2n) is 2.64. The van der Waals surface area contributed by atoms with Gasteiger partial charge in [-0.15, -0.1) is 0 Å². The van der Waals surface area contributed by atoms with Gasteiger partial charge in [0.2, 0.25) is 0 Å². The van der Waals surface area contributed by atoms with E-state index >= 15 is 0 Å². The van der Waals surface area contributed by atoms with Gasteiger partial charge in [-0.25, -0.2) is 0 Å². The summed E-state index contributed by atoms with van der Waals surface area (Å²) in [5.74, 6) is -0.991. The molecule has 0 radical (unpaired) electrons. The first kappa shape index (κ1) is 8.80. The van der Waals surface area contributed by atoms with Crippen LogP contribution in [0.15, 0.2) is 0 Å². The molecule has 0 amide bonds. The SMILES string of the molecule is CC1(OCC(F)(F)F)CCO1. The highest BCUT2D eigenvalue weighted by molar-refractivity contribution is 4.72. The van der Waals surface area contributed by atoms with Gasteiger partial charge in [-0.05, 0) is 6.92 Å². The van der Waals surface area contributed by atoms with Gasteiger partial charge in [0, 0.05) is 6.42 Å². The number of hydrogen-bond donors (Lipinski definition) is 0. The second-order valence-corrected chi connectivity index (χ2v) is 2.64. The summed E-state index contributed by atoms with van der Waals surface area (Å²) in [7, 11) is 0. The quantitative estimate of drug-likeness (QED) is 0.628. The van der Waals surface area contributed by atoms with Gasteiger partial charge in [-0.2, -0.15) is 13.2 Å². The molecule has 1 heterocycles. The first-order chi connectivity index (χ1) is 4.91. The van der Waals surface area contributed by atoms with E-state index in [1.807, 2.05) is 0 Å². The maximum absolute atomic E-state index is 11.6. The molecule has 0 aliphatic carbocycles. The molecular weight excluding hydrogens is 161 g/mol. The highest BCUT2D eigenvalue weighted by Crippen LogP contribution is 2.29. The molecule has 5 heteroatoms. The molecule has 0 spiro atoms. The zero-order valence-corrected chi connectivity index (χ0v) is 6.07. The number of halogens is 3. The molecule has 2 nitrogen and oxygen atoms in total. The lowest BCUT2D eigenvalue weighted by Crippen LogP contribution is -2.45. The first-order valence-corrected chi connectivity index (χ1v) is 3.26. The summed E-state index contributed by atoms with van der Waals surface area (Å²) >= 11 is 0. The standard InChI is InChI=1S/C6H9F3O2/c1-5(2-3-10-5)11-4-6(7,8)9/h2-4H2,1H3. The highest BCUT2D eigenvalue weighted by atomic mass is 19.4. The van der Waals surface area contributed by atoms with Crippen LogP contribution in [0.2, 0.25) is 0 Å². The van der Waals surface area contributed by atoms with Crippen molar-refractivity contribution in [1.82, 2.24) is 0 Å². The van der Waals surface area contributed by atoms with Gasteiger partial charge in [0.05, 0.1) is 6.61 Å². The van der Waals surface area contributed by atoms with Gasteiger partial charge in [-0.1, -0.05) is 0 Å². The van der Waals surface area contributed by atoms with Crippen molar-refractivity contribution < 1.29 is 22.6 Å². The molecule has 0 saturated carbocycles. The lowest BCUT2D eigenvalue weighted by Gasteiger charge is -2.38. The Morgan fingerprint density at radius 1 is 1.55 bits per heavy atom. The fourth-order valence-corrected chi connectivity index (χ4v) is 0.738. The van der Waals surface area contributed by atoms with Crippen molar-refractivity contribution in [2.75, 3.05) is 13.2 Å². The van der Waals surface area contributed by atoms with Crippen LogP contribution < -0.4 is 0 Å². The fraction of sp³-hybridized carbons (Fsp3) is 1.00. The van der Waals surface area contributed by atoms with E-state index in [1.165, 1.54) is 6.92 Å². The molecule has 1 unspecified atom stereocenters. The van der Waals surface area contributed by atoms with E-state index in [0.717, 1.165) is 0 Å². The largest absolute Gasteiger partial charge is 0.411 e. The van der Waals surface area contributed by atoms with E-state index in [9.17, 15) is 13.2 Å². The Morgan fingerprint density at radius 3 is 2.36 bits per heavy atom. The molecule has 1 aliphatic heterocycles. The Kier molecular flexibility index (Phi) is 2.11. The minimum Gasteiger partial charge on any atom is -0.350 e. The maximum atomic E-state index is 11.6. The highest BCUT2D eigenvalue weighted by Gasteiger charge is 2.39. The molecule has 0 N–H and O–H groups in total. The minimum atomic E-state index is -4.26. The van der Waals surface area contributed by atoms with Crippen LogP contribution in [0.5, 0.6) is 0 Å². The van der Waals surface area contributed by atoms with Crippen molar-refractivity contribution in [3.63, 3.8) is 0 Å². The van der Waals surface area contributed by atoms with Crippen molar-refractivity contribution >= 4 is 0 Å². The topological polar surface area (TPSA) is 18.5 Å². The number of hydrogen-bond acceptors (Lipinski definition) is 2. The third-order valence-electron chi connectivity index (χ3n) is 1.50. The van der Waals surface area contributed by atoms with Crippen molar-refractivity contribution in [1.29, 1.82) is 0 Å². The van der Waals surface area contributed by atoms with E-state index in [-0.39, 0.29) is 0 Å². The summed E-state index contributed by atoms with van der Waals surface area (Å²) < 4.78 is 44.0. The lowest BCUT2D eigenvalue weighted by molar-refractivity contribution is -0.325. The fourth-order valence-electron chi connectivity index (χ4n) is 0.738. The summed E-state index contributed by atoms with van der Waals surface area (Å²) in [5.41, 5.74) is 0. The van der Waals surface area contributed by atoms with E-state index in [2.05, 4.69) is 4.74 Å². The van der Waals surface area contributed by atoms with Crippen LogP contribution in [0.1, 0.15) is 13.3 Å². The molecule has 0 aromatic carbocycles. The molecule has 0 aromatic heterocycles. The average molecular weight is 170 g/mol. The third kappa shape index (κ3) is 2.67. The second kappa shape index (κ2) is 2.64. The molecular formula is C6H9F3O2. The van der Waals surface area contributed by atoms with Crippen molar-refractivity contribution in [2.24, 2.45) is 0 Å². The van der Waals surface area contributed by atoms with E-state index in [1.54, 1.807) is 0 Å². The Labute approximate surface area is 62.3 Å². The van der Waals surface area contributed by atoms with E-state index < -0.39 is 18.6 Å². The van der Waals surface area contributed by atoms with Gasteiger partial charge in [0.15, 0.2) is 5.79 Å². The van der Waals surface area contributed by atoms with Gasteiger partial charge < -0.3 is 9.47 Å². The Bertz CT molecular complexity index is 139. The van der Waals surface area contributed by atoms with Gasteiger partial charge in [-0.3, -0.25) is 0 Å². The number of ether oxygens (including phenoxy) is 2. The molecule has 0 aromatic rings. The monoisotopic (exact) mass is 170 g/mol. The Balaban J connectivity index is 2.21. The maximum Gasteiger partial charge on any atom is 0.411 e. The Hall–Kier alpha value is -0.290. The van der Waals surface area contributed by atoms with Gasteiger partial charge >= 0.3 is 6.18 Å². The van der Waals surface area contributed by atoms with Gasteiger partial charge in [0.25, 0.3) is 0 Å². The van der Waals surface area contributed by atoms with Crippen LogP contribution in [0.4, 0.5) is 13.2 Å². The average Bonchev–Trinajstić information content (AvgIpc) is 1.77. The molecule has 0 bridgehead atoms. The van der Waals surface area contributed by atoms with E-state index in [4.69, 9.17) is 4.74 Å². The number of rotatable bonds is 2. The first-order valence-electron chi connectivity index (χ1n) is 3.26. The van der Waals surface area contributed by atoms with Crippen LogP contribution in [-0.4, -0.2) is 25.2 Å². The normalized spacial score (nSPS) is 31.6. The van der Waals surface area contributed by atoms with Crippen LogP contribution in [0.25, 0.3) is 0 Å². The van der Waals surface area contributed by atoms with Gasteiger partial charge in [0.1, 0.15) is 6.61 Å². The van der Waals surface area contributed by atoms with Crippen molar-refractivity contribution in [2.45, 2.75) is 25.3 Å². The summed E-state index contributed by atoms with van der Waals surface area (Å²) in [6, 6.07) is 0. The summed E-state index contributed by atoms with van der Waals surface area (Å²) in [5, 5.41) is 0. The van der Waals surface area contributed by atoms with Crippen LogP contribution >= 0.6 is 0 Å². The summed E-state index contributed by atoms with van der Waals surface area (Å²) in [4.78, 5) is 0. The smallest absolute Gasteiger partial charge is 0.350 e. The molecule has 1 rings (SSSR count). The Morgan fingerprint density at radius 2 is 2.09 bits per heavy atom. The van der Waals surface area contributed by atoms with Crippen molar-refractivity contribution in [3.8, 4) is 0 Å². The summed E-state index contributed by atoms with van der Waals surface area (Å²) in [6.45, 7) is 0.750. The zero-order chi connectivity index (χ0) is 8.54. The molecule has 1 atom stereocenters. The third-order valence-corrected chi connectivity index (χ3v) is 1.50. The molecule has 1 fully saturated rings. The number of alkyl halides is 3. The minimum absolute atomic E-state index is 0.481.